The molecule has 1 aliphatic rings. The van der Waals surface area contributed by atoms with Gasteiger partial charge in [-0.1, -0.05) is 0 Å². The summed E-state index contributed by atoms with van der Waals surface area (Å²) >= 11 is 0. The normalized spacial score (nSPS) is 41.4. The Morgan fingerprint density at radius 3 is 2.18 bits per heavy atom. The number of aliphatic hydroxyl groups excluding tert-OH is 4. The summed E-state index contributed by atoms with van der Waals surface area (Å²) in [7, 11) is -5.16. The monoisotopic (exact) mass is 282 g/mol. The maximum Gasteiger partial charge on any atom is 1.00 e. The molecule has 6 atom stereocenters. The van der Waals surface area contributed by atoms with Crippen LogP contribution in [0.1, 0.15) is 0 Å². The van der Waals surface area contributed by atoms with E-state index in [1.165, 1.54) is 0 Å². The van der Waals surface area contributed by atoms with Crippen LogP contribution >= 0.6 is 7.82 Å². The molecule has 0 amide bonds. The Balaban J connectivity index is 0.00000256. The smallest absolute Gasteiger partial charge is 0.756 e. The Bertz CT molecular complexity index is 281. The van der Waals surface area contributed by atoms with Crippen LogP contribution in [-0.4, -0.2) is 62.6 Å². The molecule has 1 rings (SSSR count). The van der Waals surface area contributed by atoms with Gasteiger partial charge in [-0.25, -0.2) is 0 Å². The topological polar surface area (TPSA) is 160 Å². The molecule has 11 heteroatoms. The van der Waals surface area contributed by atoms with Gasteiger partial charge < -0.3 is 34.9 Å². The van der Waals surface area contributed by atoms with Crippen molar-refractivity contribution in [2.45, 2.75) is 30.7 Å². The van der Waals surface area contributed by atoms with Crippen molar-refractivity contribution in [1.82, 2.24) is 0 Å². The fraction of sp³-hybridized carbons (Fsp3) is 1.00. The molecule has 0 saturated carbocycles. The number of hydrogen-bond donors (Lipinski definition) is 5. The molecular formula is C6H12NaO9P. The zero-order valence-electron chi connectivity index (χ0n) is 8.91. The zero-order valence-corrected chi connectivity index (χ0v) is 11.8. The number of ether oxygens (including phenoxy) is 1. The molecule has 3 unspecified atom stereocenters. The van der Waals surface area contributed by atoms with E-state index in [4.69, 9.17) is 10.00 Å². The third kappa shape index (κ3) is 4.83. The SMILES string of the molecule is O=P([O-])(O)OC1O[C@H](CO)[C@@H](O)C(O)[C@H]1O.[Na+]. The number of hydrogen-bond acceptors (Lipinski definition) is 8. The molecule has 0 radical (unpaired) electrons. The largest absolute Gasteiger partial charge is 1.00 e. The second-order valence-electron chi connectivity index (χ2n) is 3.27. The quantitative estimate of drug-likeness (QED) is 0.250. The van der Waals surface area contributed by atoms with Gasteiger partial charge in [-0.2, -0.15) is 0 Å². The predicted molar refractivity (Wildman–Crippen MR) is 44.7 cm³/mol. The number of phosphoric ester groups is 1. The first-order valence-electron chi connectivity index (χ1n) is 4.29. The molecule has 0 bridgehead atoms. The van der Waals surface area contributed by atoms with Crippen molar-refractivity contribution < 1.29 is 73.6 Å². The summed E-state index contributed by atoms with van der Waals surface area (Å²) in [4.78, 5) is 18.8. The third-order valence-electron chi connectivity index (χ3n) is 2.09. The molecule has 17 heavy (non-hydrogen) atoms. The molecule has 0 aliphatic carbocycles. The molecule has 0 spiro atoms. The molecule has 96 valence electrons. The predicted octanol–water partition coefficient (Wildman–Crippen LogP) is -6.73. The molecule has 0 aromatic heterocycles. The maximum absolute atomic E-state index is 10.4. The summed E-state index contributed by atoms with van der Waals surface area (Å²) in [6.07, 6.45) is -8.43. The van der Waals surface area contributed by atoms with Gasteiger partial charge >= 0.3 is 29.6 Å². The van der Waals surface area contributed by atoms with Gasteiger partial charge in [0.25, 0.3) is 7.82 Å². The van der Waals surface area contributed by atoms with Crippen LogP contribution in [0.25, 0.3) is 0 Å². The van der Waals surface area contributed by atoms with E-state index in [1.807, 2.05) is 0 Å². The minimum atomic E-state index is -5.16. The third-order valence-corrected chi connectivity index (χ3v) is 2.56. The number of phosphoric acid groups is 1. The first kappa shape index (κ1) is 17.9. The van der Waals surface area contributed by atoms with E-state index < -0.39 is 45.1 Å². The summed E-state index contributed by atoms with van der Waals surface area (Å²) in [6, 6.07) is 0. The van der Waals surface area contributed by atoms with Gasteiger partial charge in [0.1, 0.15) is 24.4 Å². The van der Waals surface area contributed by atoms with Crippen molar-refractivity contribution in [3.8, 4) is 0 Å². The first-order chi connectivity index (χ1) is 7.26. The Labute approximate surface area is 119 Å². The van der Waals surface area contributed by atoms with Gasteiger partial charge in [-0.15, -0.1) is 0 Å². The van der Waals surface area contributed by atoms with Crippen molar-refractivity contribution in [2.75, 3.05) is 6.61 Å². The Kier molecular flexibility index (Phi) is 7.27. The van der Waals surface area contributed by atoms with Gasteiger partial charge in [0.2, 0.25) is 0 Å². The minimum absolute atomic E-state index is 0. The van der Waals surface area contributed by atoms with Crippen molar-refractivity contribution in [1.29, 1.82) is 0 Å². The Hall–Kier alpha value is 0.910. The van der Waals surface area contributed by atoms with Crippen LogP contribution in [0.15, 0.2) is 0 Å². The summed E-state index contributed by atoms with van der Waals surface area (Å²) in [6.45, 7) is -0.723. The van der Waals surface area contributed by atoms with Gasteiger partial charge in [-0.05, 0) is 0 Å². The molecule has 0 aromatic rings. The maximum atomic E-state index is 10.4. The van der Waals surface area contributed by atoms with Gasteiger partial charge in [0.05, 0.1) is 6.61 Å². The van der Waals surface area contributed by atoms with Crippen molar-refractivity contribution in [3.05, 3.63) is 0 Å². The summed E-state index contributed by atoms with van der Waals surface area (Å²) < 4.78 is 19.0. The van der Waals surface area contributed by atoms with Crippen LogP contribution in [0.3, 0.4) is 0 Å². The fourth-order valence-electron chi connectivity index (χ4n) is 1.29. The van der Waals surface area contributed by atoms with E-state index in [2.05, 4.69) is 9.26 Å². The average Bonchev–Trinajstić information content (AvgIpc) is 2.17. The minimum Gasteiger partial charge on any atom is -0.756 e. The Morgan fingerprint density at radius 2 is 1.76 bits per heavy atom. The second kappa shape index (κ2) is 6.90. The molecule has 1 fully saturated rings. The van der Waals surface area contributed by atoms with E-state index in [1.54, 1.807) is 0 Å². The molecule has 9 nitrogen and oxygen atoms in total. The second-order valence-corrected chi connectivity index (χ2v) is 4.42. The van der Waals surface area contributed by atoms with E-state index in [0.717, 1.165) is 0 Å². The van der Waals surface area contributed by atoms with E-state index in [-0.39, 0.29) is 29.6 Å². The molecule has 1 saturated heterocycles. The van der Waals surface area contributed by atoms with Gasteiger partial charge in [0, 0.05) is 0 Å². The van der Waals surface area contributed by atoms with Crippen LogP contribution in [0.5, 0.6) is 0 Å². The number of rotatable bonds is 3. The molecule has 5 N–H and O–H groups in total. The molecule has 0 aromatic carbocycles. The molecule has 1 aliphatic heterocycles. The van der Waals surface area contributed by atoms with Crippen molar-refractivity contribution >= 4 is 7.82 Å². The summed E-state index contributed by atoms with van der Waals surface area (Å²) in [5, 5.41) is 36.5. The van der Waals surface area contributed by atoms with E-state index in [9.17, 15) is 24.8 Å². The molecular weight excluding hydrogens is 270 g/mol. The first-order valence-corrected chi connectivity index (χ1v) is 5.78. The summed E-state index contributed by atoms with van der Waals surface area (Å²) in [5.41, 5.74) is 0. The van der Waals surface area contributed by atoms with Gasteiger partial charge in [0.15, 0.2) is 6.29 Å². The standard InChI is InChI=1S/C6H13O9P.Na/c7-1-2-3(8)4(9)5(10)6(14-2)15-16(11,12)13;/h2-10H,1H2,(H2,11,12,13);/q;+1/p-1/t2-,3-,4?,5-,6?;/m1./s1. The van der Waals surface area contributed by atoms with Crippen molar-refractivity contribution in [2.24, 2.45) is 0 Å². The fourth-order valence-corrected chi connectivity index (χ4v) is 1.72. The van der Waals surface area contributed by atoms with Crippen LogP contribution in [0.4, 0.5) is 0 Å². The van der Waals surface area contributed by atoms with E-state index >= 15 is 0 Å². The molecule has 1 heterocycles. The van der Waals surface area contributed by atoms with Gasteiger partial charge in [-0.3, -0.25) is 9.09 Å². The summed E-state index contributed by atoms with van der Waals surface area (Å²) in [5.74, 6) is 0. The van der Waals surface area contributed by atoms with Crippen LogP contribution in [0.2, 0.25) is 0 Å². The average molecular weight is 282 g/mol. The van der Waals surface area contributed by atoms with Crippen LogP contribution in [0, 0.1) is 0 Å². The number of aliphatic hydroxyl groups is 4. The van der Waals surface area contributed by atoms with Crippen LogP contribution < -0.4 is 34.5 Å². The van der Waals surface area contributed by atoms with Crippen LogP contribution in [-0.2, 0) is 13.8 Å². The van der Waals surface area contributed by atoms with E-state index in [0.29, 0.717) is 0 Å². The zero-order chi connectivity index (χ0) is 12.5. The van der Waals surface area contributed by atoms with Crippen molar-refractivity contribution in [3.63, 3.8) is 0 Å². The Morgan fingerprint density at radius 1 is 1.24 bits per heavy atom.